The number of rotatable bonds is 6. The molecule has 9 heteroatoms. The van der Waals surface area contributed by atoms with Gasteiger partial charge >= 0.3 is 0 Å². The lowest BCUT2D eigenvalue weighted by Crippen LogP contribution is -2.17. The molecule has 0 bridgehead atoms. The SMILES string of the molecule is CN(C)c1cc(N/N=C/c2ccc([N+](=O)[O-])cc2)nc(N(C)C)n1. The Labute approximate surface area is 139 Å². The van der Waals surface area contributed by atoms with Gasteiger partial charge in [-0.2, -0.15) is 15.1 Å². The molecule has 0 amide bonds. The van der Waals surface area contributed by atoms with Crippen molar-refractivity contribution < 1.29 is 4.92 Å². The Morgan fingerprint density at radius 1 is 1.12 bits per heavy atom. The van der Waals surface area contributed by atoms with Crippen molar-refractivity contribution in [2.45, 2.75) is 0 Å². The molecular weight excluding hydrogens is 310 g/mol. The predicted molar refractivity (Wildman–Crippen MR) is 95.0 cm³/mol. The predicted octanol–water partition coefficient (Wildman–Crippen LogP) is 1.96. The molecule has 9 nitrogen and oxygen atoms in total. The van der Waals surface area contributed by atoms with Crippen molar-refractivity contribution >= 4 is 29.5 Å². The van der Waals surface area contributed by atoms with Gasteiger partial charge in [0.1, 0.15) is 5.82 Å². The van der Waals surface area contributed by atoms with Crippen LogP contribution in [0.1, 0.15) is 5.56 Å². The summed E-state index contributed by atoms with van der Waals surface area (Å²) < 4.78 is 0. The van der Waals surface area contributed by atoms with E-state index in [-0.39, 0.29) is 5.69 Å². The molecule has 1 aromatic heterocycles. The van der Waals surface area contributed by atoms with Crippen LogP contribution in [0.25, 0.3) is 0 Å². The lowest BCUT2D eigenvalue weighted by molar-refractivity contribution is -0.384. The van der Waals surface area contributed by atoms with Gasteiger partial charge in [0.2, 0.25) is 5.95 Å². The summed E-state index contributed by atoms with van der Waals surface area (Å²) in [6, 6.07) is 7.89. The van der Waals surface area contributed by atoms with Crippen molar-refractivity contribution in [3.63, 3.8) is 0 Å². The Kier molecular flexibility index (Phi) is 5.25. The maximum atomic E-state index is 10.6. The van der Waals surface area contributed by atoms with E-state index in [9.17, 15) is 10.1 Å². The largest absolute Gasteiger partial charge is 0.363 e. The summed E-state index contributed by atoms with van der Waals surface area (Å²) in [6.07, 6.45) is 1.57. The van der Waals surface area contributed by atoms with Gasteiger partial charge in [0, 0.05) is 46.4 Å². The zero-order valence-corrected chi connectivity index (χ0v) is 14.0. The molecule has 0 atom stereocenters. The van der Waals surface area contributed by atoms with Crippen LogP contribution in [0.15, 0.2) is 35.4 Å². The first kappa shape index (κ1) is 17.1. The molecule has 0 aliphatic rings. The van der Waals surface area contributed by atoms with E-state index < -0.39 is 4.92 Å². The van der Waals surface area contributed by atoms with Gasteiger partial charge in [0.15, 0.2) is 5.82 Å². The number of benzene rings is 1. The van der Waals surface area contributed by atoms with E-state index >= 15 is 0 Å². The third kappa shape index (κ3) is 4.38. The molecule has 2 rings (SSSR count). The standard InChI is InChI=1S/C15H19N7O2/c1-20(2)14-9-13(17-15(18-14)21(3)4)19-16-10-11-5-7-12(8-6-11)22(23)24/h5-10H,1-4H3,(H,17,18,19)/b16-10+. The molecule has 0 spiro atoms. The van der Waals surface area contributed by atoms with Crippen LogP contribution in [-0.4, -0.2) is 49.3 Å². The molecular formula is C15H19N7O2. The fourth-order valence-corrected chi connectivity index (χ4v) is 1.76. The molecule has 1 aromatic carbocycles. The van der Waals surface area contributed by atoms with Crippen LogP contribution in [0.2, 0.25) is 0 Å². The molecule has 0 aliphatic carbocycles. The van der Waals surface area contributed by atoms with Crippen LogP contribution in [-0.2, 0) is 0 Å². The Bertz CT molecular complexity index is 716. The highest BCUT2D eigenvalue weighted by atomic mass is 16.6. The van der Waals surface area contributed by atoms with Crippen molar-refractivity contribution in [3.05, 3.63) is 46.0 Å². The molecule has 1 heterocycles. The summed E-state index contributed by atoms with van der Waals surface area (Å²) in [5.74, 6) is 1.87. The highest BCUT2D eigenvalue weighted by molar-refractivity contribution is 5.80. The number of non-ortho nitro benzene ring substituents is 1. The van der Waals surface area contributed by atoms with E-state index in [0.717, 1.165) is 11.4 Å². The number of aromatic nitrogens is 2. The molecule has 0 aliphatic heterocycles. The first-order valence-corrected chi connectivity index (χ1v) is 7.14. The third-order valence-electron chi connectivity index (χ3n) is 3.06. The Balaban J connectivity index is 2.14. The van der Waals surface area contributed by atoms with Crippen molar-refractivity contribution in [3.8, 4) is 0 Å². The first-order valence-electron chi connectivity index (χ1n) is 7.14. The van der Waals surface area contributed by atoms with Crippen LogP contribution < -0.4 is 15.2 Å². The first-order chi connectivity index (χ1) is 11.4. The molecule has 1 N–H and O–H groups in total. The average Bonchev–Trinajstić information content (AvgIpc) is 2.55. The number of anilines is 3. The fraction of sp³-hybridized carbons (Fsp3) is 0.267. The van der Waals surface area contributed by atoms with E-state index in [1.807, 2.05) is 33.1 Å². The third-order valence-corrected chi connectivity index (χ3v) is 3.06. The minimum atomic E-state index is -0.439. The average molecular weight is 329 g/mol. The molecule has 0 fully saturated rings. The molecule has 24 heavy (non-hydrogen) atoms. The number of hydrogen-bond acceptors (Lipinski definition) is 8. The Morgan fingerprint density at radius 2 is 1.79 bits per heavy atom. The number of nitro benzene ring substituents is 1. The van der Waals surface area contributed by atoms with Crippen LogP contribution in [0.3, 0.4) is 0 Å². The number of hydrogen-bond donors (Lipinski definition) is 1. The zero-order valence-electron chi connectivity index (χ0n) is 14.0. The second-order valence-corrected chi connectivity index (χ2v) is 5.42. The summed E-state index contributed by atoms with van der Waals surface area (Å²) in [4.78, 5) is 22.6. The highest BCUT2D eigenvalue weighted by Gasteiger charge is 2.07. The van der Waals surface area contributed by atoms with E-state index in [0.29, 0.717) is 11.8 Å². The Hall–Kier alpha value is -3.23. The van der Waals surface area contributed by atoms with Gasteiger partial charge in [-0.25, -0.2) is 0 Å². The van der Waals surface area contributed by atoms with E-state index in [2.05, 4.69) is 20.5 Å². The minimum absolute atomic E-state index is 0.0437. The monoisotopic (exact) mass is 329 g/mol. The van der Waals surface area contributed by atoms with Gasteiger partial charge in [0.25, 0.3) is 5.69 Å². The molecule has 0 saturated heterocycles. The maximum Gasteiger partial charge on any atom is 0.269 e. The topological polar surface area (TPSA) is 99.8 Å². The number of nitrogens with one attached hydrogen (secondary N) is 1. The molecule has 0 radical (unpaired) electrons. The van der Waals surface area contributed by atoms with Gasteiger partial charge in [-0.15, -0.1) is 0 Å². The quantitative estimate of drug-likeness (QED) is 0.491. The molecule has 0 saturated carbocycles. The van der Waals surface area contributed by atoms with Crippen molar-refractivity contribution in [1.82, 2.24) is 9.97 Å². The minimum Gasteiger partial charge on any atom is -0.363 e. The van der Waals surface area contributed by atoms with Crippen LogP contribution in [0.5, 0.6) is 0 Å². The second-order valence-electron chi connectivity index (χ2n) is 5.42. The number of nitrogens with zero attached hydrogens (tertiary/aromatic N) is 6. The summed E-state index contributed by atoms with van der Waals surface area (Å²) in [5.41, 5.74) is 3.63. The lowest BCUT2D eigenvalue weighted by atomic mass is 10.2. The van der Waals surface area contributed by atoms with E-state index in [1.165, 1.54) is 12.1 Å². The lowest BCUT2D eigenvalue weighted by Gasteiger charge is -2.16. The molecule has 0 unspecified atom stereocenters. The van der Waals surface area contributed by atoms with Gasteiger partial charge in [-0.3, -0.25) is 15.5 Å². The summed E-state index contributed by atoms with van der Waals surface area (Å²) in [6.45, 7) is 0. The van der Waals surface area contributed by atoms with E-state index in [1.54, 1.807) is 29.3 Å². The molecule has 2 aromatic rings. The van der Waals surface area contributed by atoms with Crippen molar-refractivity contribution in [2.24, 2.45) is 5.10 Å². The number of hydrazone groups is 1. The zero-order chi connectivity index (χ0) is 17.7. The van der Waals surface area contributed by atoms with Gasteiger partial charge in [0.05, 0.1) is 11.1 Å². The van der Waals surface area contributed by atoms with Gasteiger partial charge in [-0.1, -0.05) is 0 Å². The second kappa shape index (κ2) is 7.36. The van der Waals surface area contributed by atoms with Crippen LogP contribution in [0.4, 0.5) is 23.3 Å². The Morgan fingerprint density at radius 3 is 2.33 bits per heavy atom. The van der Waals surface area contributed by atoms with Crippen LogP contribution >= 0.6 is 0 Å². The highest BCUT2D eigenvalue weighted by Crippen LogP contribution is 2.17. The summed E-state index contributed by atoms with van der Waals surface area (Å²) >= 11 is 0. The number of nitro groups is 1. The van der Waals surface area contributed by atoms with Crippen molar-refractivity contribution in [2.75, 3.05) is 43.4 Å². The van der Waals surface area contributed by atoms with Gasteiger partial charge < -0.3 is 9.80 Å². The smallest absolute Gasteiger partial charge is 0.269 e. The van der Waals surface area contributed by atoms with Gasteiger partial charge in [-0.05, 0) is 17.7 Å². The fourth-order valence-electron chi connectivity index (χ4n) is 1.76. The molecule has 126 valence electrons. The van der Waals surface area contributed by atoms with E-state index in [4.69, 9.17) is 0 Å². The normalized spacial score (nSPS) is 10.7. The van der Waals surface area contributed by atoms with Crippen molar-refractivity contribution in [1.29, 1.82) is 0 Å². The van der Waals surface area contributed by atoms with Crippen LogP contribution in [0, 0.1) is 10.1 Å². The maximum absolute atomic E-state index is 10.6. The summed E-state index contributed by atoms with van der Waals surface area (Å²) in [7, 11) is 7.51. The summed E-state index contributed by atoms with van der Waals surface area (Å²) in [5, 5.41) is 14.7.